The summed E-state index contributed by atoms with van der Waals surface area (Å²) in [7, 11) is 1.29. The van der Waals surface area contributed by atoms with Crippen molar-refractivity contribution in [3.63, 3.8) is 0 Å². The number of hydrogen-bond donors (Lipinski definition) is 0. The first-order valence-electron chi connectivity index (χ1n) is 4.45. The molecule has 1 aliphatic rings. The summed E-state index contributed by atoms with van der Waals surface area (Å²) in [4.78, 5) is 18.9. The van der Waals surface area contributed by atoms with Crippen molar-refractivity contribution in [1.29, 1.82) is 0 Å². The number of methoxy groups -OCH3 is 1. The Morgan fingerprint density at radius 3 is 3.07 bits per heavy atom. The van der Waals surface area contributed by atoms with Gasteiger partial charge in [-0.1, -0.05) is 0 Å². The number of halogens is 1. The lowest BCUT2D eigenvalue weighted by Crippen LogP contribution is -2.33. The lowest BCUT2D eigenvalue weighted by molar-refractivity contribution is 0.0600. The smallest absolute Gasteiger partial charge is 0.337 e. The zero-order valence-corrected chi connectivity index (χ0v) is 8.11. The summed E-state index contributed by atoms with van der Waals surface area (Å²) in [5, 5.41) is 1.01. The second-order valence-electron chi connectivity index (χ2n) is 3.10. The van der Waals surface area contributed by atoms with Crippen LogP contribution in [0.15, 0.2) is 28.2 Å². The van der Waals surface area contributed by atoms with Crippen LogP contribution in [0.25, 0.3) is 0 Å². The van der Waals surface area contributed by atoms with Crippen molar-refractivity contribution in [1.82, 2.24) is 0 Å². The van der Waals surface area contributed by atoms with E-state index in [0.29, 0.717) is 16.3 Å². The first kappa shape index (κ1) is 9.76. The number of alkyl halides is 1. The largest absolute Gasteiger partial charge is 0.465 e. The Morgan fingerprint density at radius 2 is 2.33 bits per heavy atom. The maximum Gasteiger partial charge on any atom is 0.337 e. The van der Waals surface area contributed by atoms with Crippen LogP contribution in [0.5, 0.6) is 0 Å². The third-order valence-corrected chi connectivity index (χ3v) is 2.09. The molecule has 0 saturated carbocycles. The van der Waals surface area contributed by atoms with Crippen LogP contribution in [0.2, 0.25) is 0 Å². The van der Waals surface area contributed by atoms with E-state index in [9.17, 15) is 9.18 Å². The maximum atomic E-state index is 12.9. The third-order valence-electron chi connectivity index (χ3n) is 2.09. The van der Waals surface area contributed by atoms with Gasteiger partial charge < -0.3 is 4.74 Å². The van der Waals surface area contributed by atoms with Crippen molar-refractivity contribution in [2.75, 3.05) is 13.7 Å². The van der Waals surface area contributed by atoms with Crippen LogP contribution < -0.4 is 10.7 Å². The monoisotopic (exact) mass is 208 g/mol. The van der Waals surface area contributed by atoms with E-state index in [4.69, 9.17) is 0 Å². The average molecular weight is 208 g/mol. The molecule has 0 spiro atoms. The van der Waals surface area contributed by atoms with Gasteiger partial charge in [0.1, 0.15) is 0 Å². The van der Waals surface area contributed by atoms with Crippen LogP contribution in [0.3, 0.4) is 0 Å². The van der Waals surface area contributed by atoms with Gasteiger partial charge in [-0.3, -0.25) is 4.99 Å². The van der Waals surface area contributed by atoms with Crippen LogP contribution in [-0.4, -0.2) is 25.9 Å². The molecule has 1 aromatic carbocycles. The van der Waals surface area contributed by atoms with Crippen molar-refractivity contribution >= 4 is 5.97 Å². The minimum absolute atomic E-state index is 0.0462. The first-order valence-corrected chi connectivity index (χ1v) is 4.45. The standard InChI is InChI=1S/C10H9FN2O2/c1-15-10(14)6-2-3-7-8(4-6)13-9(11)5-12-7/h2-4,9H,5H2,1H3. The van der Waals surface area contributed by atoms with Crippen LogP contribution in [0.4, 0.5) is 4.39 Å². The SMILES string of the molecule is COC(=O)c1ccc2c(c1)=NC(F)CN=2. The lowest BCUT2D eigenvalue weighted by atomic mass is 10.2. The number of carbonyl (C=O) groups excluding carboxylic acids is 1. The fourth-order valence-electron chi connectivity index (χ4n) is 1.37. The lowest BCUT2D eigenvalue weighted by Gasteiger charge is -2.05. The highest BCUT2D eigenvalue weighted by atomic mass is 19.1. The molecule has 0 fully saturated rings. The van der Waals surface area contributed by atoms with Gasteiger partial charge in [-0.15, -0.1) is 0 Å². The molecule has 0 N–H and O–H groups in total. The molecule has 5 heteroatoms. The Hall–Kier alpha value is -1.78. The minimum Gasteiger partial charge on any atom is -0.465 e. The predicted octanol–water partition coefficient (Wildman–Crippen LogP) is 0.0216. The van der Waals surface area contributed by atoms with E-state index in [0.717, 1.165) is 0 Å². The highest BCUT2D eigenvalue weighted by Crippen LogP contribution is 1.98. The molecule has 15 heavy (non-hydrogen) atoms. The van der Waals surface area contributed by atoms with Crippen LogP contribution >= 0.6 is 0 Å². The second-order valence-corrected chi connectivity index (χ2v) is 3.10. The quantitative estimate of drug-likeness (QED) is 0.482. The molecule has 1 aromatic rings. The molecule has 4 nitrogen and oxygen atoms in total. The Balaban J connectivity index is 2.55. The molecular formula is C10H9FN2O2. The molecule has 0 amide bonds. The van der Waals surface area contributed by atoms with E-state index < -0.39 is 12.3 Å². The van der Waals surface area contributed by atoms with Gasteiger partial charge in [0.05, 0.1) is 29.9 Å². The predicted molar refractivity (Wildman–Crippen MR) is 49.9 cm³/mol. The number of rotatable bonds is 1. The third kappa shape index (κ3) is 1.86. The van der Waals surface area contributed by atoms with Gasteiger partial charge in [0.2, 0.25) is 6.30 Å². The summed E-state index contributed by atoms with van der Waals surface area (Å²) in [5.41, 5.74) is 0.351. The molecule has 0 saturated heterocycles. The van der Waals surface area contributed by atoms with Gasteiger partial charge in [-0.25, -0.2) is 14.2 Å². The van der Waals surface area contributed by atoms with Crippen molar-refractivity contribution < 1.29 is 13.9 Å². The van der Waals surface area contributed by atoms with Crippen molar-refractivity contribution in [2.24, 2.45) is 9.98 Å². The summed E-state index contributed by atoms with van der Waals surface area (Å²) in [6.45, 7) is 0.0462. The van der Waals surface area contributed by atoms with Crippen molar-refractivity contribution in [3.05, 3.63) is 34.5 Å². The van der Waals surface area contributed by atoms with E-state index >= 15 is 0 Å². The van der Waals surface area contributed by atoms with Gasteiger partial charge in [0, 0.05) is 0 Å². The Labute approximate surface area is 85.1 Å². The first-order chi connectivity index (χ1) is 7.20. The van der Waals surface area contributed by atoms with Gasteiger partial charge in [0.25, 0.3) is 0 Å². The van der Waals surface area contributed by atoms with Gasteiger partial charge in [-0.05, 0) is 18.2 Å². The number of nitrogens with zero attached hydrogens (tertiary/aromatic N) is 2. The van der Waals surface area contributed by atoms with Gasteiger partial charge >= 0.3 is 5.97 Å². The highest BCUT2D eigenvalue weighted by molar-refractivity contribution is 5.89. The molecule has 1 aliphatic heterocycles. The summed E-state index contributed by atoms with van der Waals surface area (Å²) >= 11 is 0. The summed E-state index contributed by atoms with van der Waals surface area (Å²) < 4.78 is 17.4. The Bertz CT molecular complexity index is 513. The second kappa shape index (κ2) is 3.76. The molecule has 1 heterocycles. The molecule has 1 atom stereocenters. The number of esters is 1. The molecule has 0 aromatic heterocycles. The van der Waals surface area contributed by atoms with E-state index in [1.54, 1.807) is 12.1 Å². The van der Waals surface area contributed by atoms with E-state index in [1.165, 1.54) is 13.2 Å². The molecule has 0 bridgehead atoms. The highest BCUT2D eigenvalue weighted by Gasteiger charge is 2.10. The molecule has 1 unspecified atom stereocenters. The summed E-state index contributed by atoms with van der Waals surface area (Å²) in [6.07, 6.45) is -1.31. The zero-order chi connectivity index (χ0) is 10.8. The van der Waals surface area contributed by atoms with Gasteiger partial charge in [-0.2, -0.15) is 0 Å². The zero-order valence-electron chi connectivity index (χ0n) is 8.11. The van der Waals surface area contributed by atoms with Crippen molar-refractivity contribution in [2.45, 2.75) is 6.30 Å². The van der Waals surface area contributed by atoms with Crippen LogP contribution in [-0.2, 0) is 4.74 Å². The van der Waals surface area contributed by atoms with Gasteiger partial charge in [0.15, 0.2) is 0 Å². The molecule has 0 radical (unpaired) electrons. The Kier molecular flexibility index (Phi) is 2.45. The normalized spacial score (nSPS) is 18.4. The van der Waals surface area contributed by atoms with Crippen LogP contribution in [0, 0.1) is 0 Å². The molecule has 0 aliphatic carbocycles. The number of fused-ring (bicyclic) bond motifs is 1. The number of ether oxygens (including phenoxy) is 1. The fourth-order valence-corrected chi connectivity index (χ4v) is 1.37. The summed E-state index contributed by atoms with van der Waals surface area (Å²) in [6, 6.07) is 4.70. The van der Waals surface area contributed by atoms with Crippen LogP contribution in [0.1, 0.15) is 10.4 Å². The fraction of sp³-hybridized carbons (Fsp3) is 0.300. The molecular weight excluding hydrogens is 199 g/mol. The minimum atomic E-state index is -1.31. The molecule has 2 rings (SSSR count). The Morgan fingerprint density at radius 1 is 1.53 bits per heavy atom. The van der Waals surface area contributed by atoms with E-state index in [2.05, 4.69) is 14.7 Å². The van der Waals surface area contributed by atoms with Crippen molar-refractivity contribution in [3.8, 4) is 0 Å². The molecule has 78 valence electrons. The van der Waals surface area contributed by atoms with E-state index in [-0.39, 0.29) is 6.54 Å². The average Bonchev–Trinajstić information content (AvgIpc) is 2.27. The number of hydrogen-bond acceptors (Lipinski definition) is 4. The number of benzene rings is 1. The number of carbonyl (C=O) groups is 1. The topological polar surface area (TPSA) is 51.0 Å². The maximum absolute atomic E-state index is 12.9. The summed E-state index contributed by atoms with van der Waals surface area (Å²) in [5.74, 6) is -0.464. The van der Waals surface area contributed by atoms with E-state index in [1.807, 2.05) is 0 Å².